The predicted octanol–water partition coefficient (Wildman–Crippen LogP) is 1.57. The predicted molar refractivity (Wildman–Crippen MR) is 101 cm³/mol. The minimum atomic E-state index is -0.378. The van der Waals surface area contributed by atoms with Gasteiger partial charge in [0.25, 0.3) is 0 Å². The molecule has 7 nitrogen and oxygen atoms in total. The van der Waals surface area contributed by atoms with Crippen molar-refractivity contribution in [3.05, 3.63) is 29.8 Å². The van der Waals surface area contributed by atoms with Crippen LogP contribution in [0, 0.1) is 12.8 Å². The summed E-state index contributed by atoms with van der Waals surface area (Å²) >= 11 is 0. The first-order chi connectivity index (χ1) is 12.4. The standard InChI is InChI=1S/C19H29N3O4/c1-5-15(3)19(25)22(10-11-26-4)13-18(24)20-12-17(23)21-16-8-6-14(2)7-9-16/h6-9,15H,5,10-13H2,1-4H3,(H,20,24)(H,21,23)/t15-/m1/s1. The van der Waals surface area contributed by atoms with E-state index in [0.717, 1.165) is 5.56 Å². The smallest absolute Gasteiger partial charge is 0.243 e. The number of hydrogen-bond acceptors (Lipinski definition) is 4. The van der Waals surface area contributed by atoms with Crippen molar-refractivity contribution in [2.45, 2.75) is 27.2 Å². The van der Waals surface area contributed by atoms with Gasteiger partial charge in [0.1, 0.15) is 0 Å². The van der Waals surface area contributed by atoms with Crippen molar-refractivity contribution in [3.8, 4) is 0 Å². The van der Waals surface area contributed by atoms with E-state index in [2.05, 4.69) is 10.6 Å². The first kappa shape index (κ1) is 21.6. The average Bonchev–Trinajstić information content (AvgIpc) is 2.64. The van der Waals surface area contributed by atoms with Crippen molar-refractivity contribution < 1.29 is 19.1 Å². The minimum absolute atomic E-state index is 0.0929. The van der Waals surface area contributed by atoms with E-state index in [1.54, 1.807) is 19.2 Å². The molecule has 0 aromatic heterocycles. The monoisotopic (exact) mass is 363 g/mol. The van der Waals surface area contributed by atoms with Gasteiger partial charge in [-0.1, -0.05) is 31.5 Å². The molecule has 3 amide bonds. The molecule has 7 heteroatoms. The highest BCUT2D eigenvalue weighted by Crippen LogP contribution is 2.08. The lowest BCUT2D eigenvalue weighted by atomic mass is 10.1. The van der Waals surface area contributed by atoms with Crippen LogP contribution in [0.1, 0.15) is 25.8 Å². The number of hydrogen-bond donors (Lipinski definition) is 2. The number of amides is 3. The molecule has 0 saturated carbocycles. The van der Waals surface area contributed by atoms with E-state index in [0.29, 0.717) is 25.3 Å². The number of benzene rings is 1. The Morgan fingerprint density at radius 2 is 1.81 bits per heavy atom. The summed E-state index contributed by atoms with van der Waals surface area (Å²) in [5.74, 6) is -0.955. The highest BCUT2D eigenvalue weighted by atomic mass is 16.5. The Labute approximate surface area is 155 Å². The van der Waals surface area contributed by atoms with Crippen molar-refractivity contribution in [1.82, 2.24) is 10.2 Å². The number of nitrogens with one attached hydrogen (secondary N) is 2. The van der Waals surface area contributed by atoms with E-state index in [4.69, 9.17) is 4.74 Å². The van der Waals surface area contributed by atoms with Gasteiger partial charge in [0, 0.05) is 25.3 Å². The molecule has 26 heavy (non-hydrogen) atoms. The lowest BCUT2D eigenvalue weighted by Gasteiger charge is -2.24. The number of anilines is 1. The van der Waals surface area contributed by atoms with Crippen molar-refractivity contribution >= 4 is 23.4 Å². The number of aryl methyl sites for hydroxylation is 1. The van der Waals surface area contributed by atoms with Crippen molar-refractivity contribution in [2.24, 2.45) is 5.92 Å². The SMILES string of the molecule is CC[C@@H](C)C(=O)N(CCOC)CC(=O)NCC(=O)Nc1ccc(C)cc1. The summed E-state index contributed by atoms with van der Waals surface area (Å²) in [4.78, 5) is 37.8. The second-order valence-corrected chi connectivity index (χ2v) is 6.25. The number of rotatable bonds is 10. The van der Waals surface area contributed by atoms with E-state index >= 15 is 0 Å². The van der Waals surface area contributed by atoms with Gasteiger partial charge in [-0.15, -0.1) is 0 Å². The van der Waals surface area contributed by atoms with Crippen LogP contribution in [0.2, 0.25) is 0 Å². The first-order valence-electron chi connectivity index (χ1n) is 8.78. The van der Waals surface area contributed by atoms with E-state index in [1.807, 2.05) is 32.9 Å². The second-order valence-electron chi connectivity index (χ2n) is 6.25. The molecule has 0 bridgehead atoms. The average molecular weight is 363 g/mol. The maximum absolute atomic E-state index is 12.3. The molecule has 0 saturated heterocycles. The van der Waals surface area contributed by atoms with Gasteiger partial charge in [0.15, 0.2) is 0 Å². The van der Waals surface area contributed by atoms with Crippen LogP contribution in [0.4, 0.5) is 5.69 Å². The molecule has 1 aromatic carbocycles. The minimum Gasteiger partial charge on any atom is -0.383 e. The molecule has 0 fully saturated rings. The number of ether oxygens (including phenoxy) is 1. The highest BCUT2D eigenvalue weighted by molar-refractivity contribution is 5.95. The van der Waals surface area contributed by atoms with E-state index in [9.17, 15) is 14.4 Å². The van der Waals surface area contributed by atoms with E-state index < -0.39 is 0 Å². The molecule has 1 atom stereocenters. The molecule has 1 aromatic rings. The van der Waals surface area contributed by atoms with Gasteiger partial charge < -0.3 is 20.3 Å². The Morgan fingerprint density at radius 1 is 1.15 bits per heavy atom. The lowest BCUT2D eigenvalue weighted by molar-refractivity contribution is -0.139. The third kappa shape index (κ3) is 7.65. The molecule has 0 heterocycles. The van der Waals surface area contributed by atoms with Crippen molar-refractivity contribution in [1.29, 1.82) is 0 Å². The third-order valence-corrected chi connectivity index (χ3v) is 4.03. The summed E-state index contributed by atoms with van der Waals surface area (Å²) in [5, 5.41) is 5.26. The molecule has 0 unspecified atom stereocenters. The fraction of sp³-hybridized carbons (Fsp3) is 0.526. The summed E-state index contributed by atoms with van der Waals surface area (Å²) in [6.07, 6.45) is 0.697. The number of nitrogens with zero attached hydrogens (tertiary/aromatic N) is 1. The van der Waals surface area contributed by atoms with Gasteiger partial charge in [0.2, 0.25) is 17.7 Å². The maximum Gasteiger partial charge on any atom is 0.243 e. The van der Waals surface area contributed by atoms with Crippen LogP contribution < -0.4 is 10.6 Å². The van der Waals surface area contributed by atoms with Crippen LogP contribution in [0.15, 0.2) is 24.3 Å². The van der Waals surface area contributed by atoms with Crippen LogP contribution in [-0.2, 0) is 19.1 Å². The van der Waals surface area contributed by atoms with Gasteiger partial charge >= 0.3 is 0 Å². The Balaban J connectivity index is 2.49. The highest BCUT2D eigenvalue weighted by Gasteiger charge is 2.21. The van der Waals surface area contributed by atoms with Crippen molar-refractivity contribution in [3.63, 3.8) is 0 Å². The number of carbonyl (C=O) groups is 3. The van der Waals surface area contributed by atoms with E-state index in [-0.39, 0.29) is 36.7 Å². The number of methoxy groups -OCH3 is 1. The van der Waals surface area contributed by atoms with Gasteiger partial charge in [-0.3, -0.25) is 14.4 Å². The van der Waals surface area contributed by atoms with E-state index in [1.165, 1.54) is 4.90 Å². The number of carbonyl (C=O) groups excluding carboxylic acids is 3. The zero-order chi connectivity index (χ0) is 19.5. The topological polar surface area (TPSA) is 87.7 Å². The molecule has 0 aliphatic heterocycles. The quantitative estimate of drug-likeness (QED) is 0.660. The fourth-order valence-electron chi connectivity index (χ4n) is 2.21. The Morgan fingerprint density at radius 3 is 2.38 bits per heavy atom. The van der Waals surface area contributed by atoms with Crippen LogP contribution in [0.25, 0.3) is 0 Å². The molecule has 1 rings (SSSR count). The van der Waals surface area contributed by atoms with Crippen LogP contribution >= 0.6 is 0 Å². The molecule has 0 radical (unpaired) electrons. The van der Waals surface area contributed by atoms with Crippen molar-refractivity contribution in [2.75, 3.05) is 38.7 Å². The summed E-state index contributed by atoms with van der Waals surface area (Å²) < 4.78 is 5.00. The molecule has 2 N–H and O–H groups in total. The largest absolute Gasteiger partial charge is 0.383 e. The zero-order valence-corrected chi connectivity index (χ0v) is 16.0. The molecule has 144 valence electrons. The summed E-state index contributed by atoms with van der Waals surface area (Å²) in [5.41, 5.74) is 1.77. The van der Waals surface area contributed by atoms with Crippen LogP contribution in [0.5, 0.6) is 0 Å². The zero-order valence-electron chi connectivity index (χ0n) is 16.0. The summed E-state index contributed by atoms with van der Waals surface area (Å²) in [7, 11) is 1.54. The Hall–Kier alpha value is -2.41. The fourth-order valence-corrected chi connectivity index (χ4v) is 2.21. The third-order valence-electron chi connectivity index (χ3n) is 4.03. The van der Waals surface area contributed by atoms with Crippen LogP contribution in [-0.4, -0.2) is 56.0 Å². The van der Waals surface area contributed by atoms with Crippen LogP contribution in [0.3, 0.4) is 0 Å². The normalized spacial score (nSPS) is 11.5. The Bertz CT molecular complexity index is 601. The molecule has 0 spiro atoms. The Kier molecular flexibility index (Phi) is 9.36. The maximum atomic E-state index is 12.3. The van der Waals surface area contributed by atoms with Gasteiger partial charge in [-0.2, -0.15) is 0 Å². The van der Waals surface area contributed by atoms with Gasteiger partial charge in [-0.05, 0) is 25.5 Å². The molecular weight excluding hydrogens is 334 g/mol. The first-order valence-corrected chi connectivity index (χ1v) is 8.78. The second kappa shape index (κ2) is 11.3. The summed E-state index contributed by atoms with van der Waals surface area (Å²) in [6, 6.07) is 7.38. The summed E-state index contributed by atoms with van der Waals surface area (Å²) in [6.45, 7) is 6.15. The molecule has 0 aliphatic carbocycles. The lowest BCUT2D eigenvalue weighted by Crippen LogP contribution is -2.45. The molecular formula is C19H29N3O4. The van der Waals surface area contributed by atoms with Gasteiger partial charge in [0.05, 0.1) is 19.7 Å². The molecule has 0 aliphatic rings. The van der Waals surface area contributed by atoms with Gasteiger partial charge in [-0.25, -0.2) is 0 Å².